The number of hydrogen-bond acceptors (Lipinski definition) is 3. The molecule has 0 aliphatic carbocycles. The molecule has 0 bridgehead atoms. The summed E-state index contributed by atoms with van der Waals surface area (Å²) in [6.45, 7) is 5.12. The van der Waals surface area contributed by atoms with Crippen LogP contribution in [0.2, 0.25) is 0 Å². The summed E-state index contributed by atoms with van der Waals surface area (Å²) in [5.41, 5.74) is 3.56. The van der Waals surface area contributed by atoms with Gasteiger partial charge in [-0.2, -0.15) is 10.2 Å². The number of nitrogens with one attached hydrogen (secondary N) is 1. The zero-order chi connectivity index (χ0) is 13.1. The van der Waals surface area contributed by atoms with Crippen molar-refractivity contribution in [2.45, 2.75) is 32.9 Å². The lowest BCUT2D eigenvalue weighted by Crippen LogP contribution is -2.18. The second-order valence-electron chi connectivity index (χ2n) is 4.41. The van der Waals surface area contributed by atoms with Gasteiger partial charge in [-0.05, 0) is 20.4 Å². The maximum Gasteiger partial charge on any atom is 0.0673 e. The van der Waals surface area contributed by atoms with Crippen LogP contribution in [0.4, 0.5) is 0 Å². The molecular weight excluding hydrogens is 226 g/mol. The molecule has 1 N–H and O–H groups in total. The van der Waals surface area contributed by atoms with E-state index in [0.717, 1.165) is 18.7 Å². The molecule has 18 heavy (non-hydrogen) atoms. The number of aryl methyl sites for hydroxylation is 3. The van der Waals surface area contributed by atoms with Crippen LogP contribution in [0.5, 0.6) is 0 Å². The number of rotatable bonds is 5. The Morgan fingerprint density at radius 1 is 1.33 bits per heavy atom. The summed E-state index contributed by atoms with van der Waals surface area (Å²) in [7, 11) is 3.94. The van der Waals surface area contributed by atoms with Crippen molar-refractivity contribution in [3.05, 3.63) is 35.4 Å². The van der Waals surface area contributed by atoms with Gasteiger partial charge in [0.05, 0.1) is 17.9 Å². The summed E-state index contributed by atoms with van der Waals surface area (Å²) in [5, 5.41) is 12.2. The maximum atomic E-state index is 4.50. The fraction of sp³-hybridized carbons (Fsp3) is 0.538. The molecule has 5 heteroatoms. The Morgan fingerprint density at radius 3 is 2.67 bits per heavy atom. The van der Waals surface area contributed by atoms with E-state index in [0.29, 0.717) is 0 Å². The summed E-state index contributed by atoms with van der Waals surface area (Å²) in [5.74, 6) is 0. The summed E-state index contributed by atoms with van der Waals surface area (Å²) in [6.07, 6.45) is 7.05. The highest BCUT2D eigenvalue weighted by molar-refractivity contribution is 5.30. The van der Waals surface area contributed by atoms with Crippen molar-refractivity contribution in [2.75, 3.05) is 7.05 Å². The Bertz CT molecular complexity index is 511. The molecule has 0 fully saturated rings. The SMILES string of the molecule is CCc1nn(C)cc1C(NC)c1cnn(CC)c1. The standard InChI is InChI=1S/C13H21N5/c1-5-12-11(9-17(4)16-12)13(14-3)10-7-15-18(6-2)8-10/h7-9,13-14H,5-6H2,1-4H3. The lowest BCUT2D eigenvalue weighted by Gasteiger charge is -2.14. The highest BCUT2D eigenvalue weighted by Gasteiger charge is 2.19. The van der Waals surface area contributed by atoms with Crippen LogP contribution in [-0.2, 0) is 20.0 Å². The predicted molar refractivity (Wildman–Crippen MR) is 71.4 cm³/mol. The Morgan fingerprint density at radius 2 is 2.11 bits per heavy atom. The van der Waals surface area contributed by atoms with Crippen LogP contribution < -0.4 is 5.32 Å². The third-order valence-corrected chi connectivity index (χ3v) is 3.18. The Kier molecular flexibility index (Phi) is 3.81. The quantitative estimate of drug-likeness (QED) is 0.871. The zero-order valence-corrected chi connectivity index (χ0v) is 11.5. The highest BCUT2D eigenvalue weighted by Crippen LogP contribution is 2.24. The van der Waals surface area contributed by atoms with Crippen LogP contribution in [0.15, 0.2) is 18.6 Å². The van der Waals surface area contributed by atoms with Gasteiger partial charge in [0.25, 0.3) is 0 Å². The average molecular weight is 247 g/mol. The minimum Gasteiger partial charge on any atom is -0.309 e. The van der Waals surface area contributed by atoms with Crippen molar-refractivity contribution in [3.8, 4) is 0 Å². The molecule has 1 unspecified atom stereocenters. The van der Waals surface area contributed by atoms with E-state index in [1.54, 1.807) is 0 Å². The first kappa shape index (κ1) is 12.8. The molecule has 0 amide bonds. The molecule has 2 heterocycles. The van der Waals surface area contributed by atoms with Gasteiger partial charge in [0.1, 0.15) is 0 Å². The van der Waals surface area contributed by atoms with Crippen LogP contribution in [0, 0.1) is 0 Å². The predicted octanol–water partition coefficient (Wildman–Crippen LogP) is 1.51. The van der Waals surface area contributed by atoms with Crippen molar-refractivity contribution in [2.24, 2.45) is 7.05 Å². The van der Waals surface area contributed by atoms with Gasteiger partial charge in [-0.25, -0.2) is 0 Å². The molecule has 2 aromatic rings. The van der Waals surface area contributed by atoms with Gasteiger partial charge in [0.15, 0.2) is 0 Å². The Hall–Kier alpha value is -1.62. The molecule has 0 aromatic carbocycles. The minimum atomic E-state index is 0.161. The minimum absolute atomic E-state index is 0.161. The molecule has 98 valence electrons. The van der Waals surface area contributed by atoms with E-state index >= 15 is 0 Å². The van der Waals surface area contributed by atoms with E-state index in [-0.39, 0.29) is 6.04 Å². The van der Waals surface area contributed by atoms with Crippen molar-refractivity contribution >= 4 is 0 Å². The number of nitrogens with zero attached hydrogens (tertiary/aromatic N) is 4. The number of aromatic nitrogens is 4. The second-order valence-corrected chi connectivity index (χ2v) is 4.41. The van der Waals surface area contributed by atoms with E-state index in [4.69, 9.17) is 0 Å². The van der Waals surface area contributed by atoms with Gasteiger partial charge in [0, 0.05) is 37.1 Å². The monoisotopic (exact) mass is 247 g/mol. The Balaban J connectivity index is 2.37. The molecule has 2 aromatic heterocycles. The third-order valence-electron chi connectivity index (χ3n) is 3.18. The van der Waals surface area contributed by atoms with Crippen molar-refractivity contribution in [1.29, 1.82) is 0 Å². The first-order chi connectivity index (χ1) is 8.69. The molecule has 2 rings (SSSR count). The molecule has 0 radical (unpaired) electrons. The summed E-state index contributed by atoms with van der Waals surface area (Å²) >= 11 is 0. The van der Waals surface area contributed by atoms with Gasteiger partial charge in [0.2, 0.25) is 0 Å². The molecule has 1 atom stereocenters. The molecule has 0 saturated carbocycles. The summed E-state index contributed by atoms with van der Waals surface area (Å²) in [6, 6.07) is 0.161. The molecule has 0 saturated heterocycles. The smallest absolute Gasteiger partial charge is 0.0673 e. The number of hydrogen-bond donors (Lipinski definition) is 1. The lowest BCUT2D eigenvalue weighted by molar-refractivity contribution is 0.652. The first-order valence-electron chi connectivity index (χ1n) is 6.41. The van der Waals surface area contributed by atoms with Gasteiger partial charge < -0.3 is 5.32 Å². The van der Waals surface area contributed by atoms with Crippen LogP contribution >= 0.6 is 0 Å². The molecule has 5 nitrogen and oxygen atoms in total. The van der Waals surface area contributed by atoms with Crippen molar-refractivity contribution in [3.63, 3.8) is 0 Å². The van der Waals surface area contributed by atoms with Gasteiger partial charge in [-0.3, -0.25) is 9.36 Å². The van der Waals surface area contributed by atoms with E-state index in [1.165, 1.54) is 11.1 Å². The fourth-order valence-electron chi connectivity index (χ4n) is 2.27. The topological polar surface area (TPSA) is 47.7 Å². The first-order valence-corrected chi connectivity index (χ1v) is 6.41. The molecule has 0 spiro atoms. The molecule has 0 aliphatic heterocycles. The van der Waals surface area contributed by atoms with E-state index in [2.05, 4.69) is 41.8 Å². The molecule has 0 aliphatic rings. The summed E-state index contributed by atoms with van der Waals surface area (Å²) in [4.78, 5) is 0. The zero-order valence-electron chi connectivity index (χ0n) is 11.5. The van der Waals surface area contributed by atoms with Gasteiger partial charge >= 0.3 is 0 Å². The van der Waals surface area contributed by atoms with Crippen LogP contribution in [0.25, 0.3) is 0 Å². The van der Waals surface area contributed by atoms with Crippen LogP contribution in [-0.4, -0.2) is 26.6 Å². The summed E-state index contributed by atoms with van der Waals surface area (Å²) < 4.78 is 3.82. The third kappa shape index (κ3) is 2.31. The highest BCUT2D eigenvalue weighted by atomic mass is 15.3. The van der Waals surface area contributed by atoms with Crippen LogP contribution in [0.3, 0.4) is 0 Å². The van der Waals surface area contributed by atoms with E-state index in [1.807, 2.05) is 29.7 Å². The second kappa shape index (κ2) is 5.35. The Labute approximate surface area is 108 Å². The van der Waals surface area contributed by atoms with Crippen molar-refractivity contribution < 1.29 is 0 Å². The lowest BCUT2D eigenvalue weighted by atomic mass is 10.0. The van der Waals surface area contributed by atoms with Gasteiger partial charge in [-0.15, -0.1) is 0 Å². The van der Waals surface area contributed by atoms with Crippen LogP contribution in [0.1, 0.15) is 36.7 Å². The normalized spacial score (nSPS) is 12.9. The molecular formula is C13H21N5. The van der Waals surface area contributed by atoms with E-state index in [9.17, 15) is 0 Å². The largest absolute Gasteiger partial charge is 0.309 e. The fourth-order valence-corrected chi connectivity index (χ4v) is 2.27. The maximum absolute atomic E-state index is 4.50. The average Bonchev–Trinajstić information content (AvgIpc) is 2.97. The van der Waals surface area contributed by atoms with Gasteiger partial charge in [-0.1, -0.05) is 6.92 Å². The van der Waals surface area contributed by atoms with Crippen molar-refractivity contribution in [1.82, 2.24) is 24.9 Å². The van der Waals surface area contributed by atoms with E-state index < -0.39 is 0 Å².